The van der Waals surface area contributed by atoms with Gasteiger partial charge in [-0.05, 0) is 42.5 Å². The van der Waals surface area contributed by atoms with Crippen molar-refractivity contribution in [2.24, 2.45) is 0 Å². The number of benzene rings is 2. The third-order valence-corrected chi connectivity index (χ3v) is 4.16. The molecule has 0 amide bonds. The molecule has 146 valence electrons. The van der Waals surface area contributed by atoms with E-state index < -0.39 is 0 Å². The summed E-state index contributed by atoms with van der Waals surface area (Å²) < 4.78 is 5.76. The van der Waals surface area contributed by atoms with Crippen LogP contribution in [0, 0.1) is 11.3 Å². The number of aromatic nitrogens is 3. The predicted molar refractivity (Wildman–Crippen MR) is 115 cm³/mol. The van der Waals surface area contributed by atoms with Crippen molar-refractivity contribution in [2.75, 3.05) is 16.8 Å². The Kier molecular flexibility index (Phi) is 5.09. The molecule has 0 saturated carbocycles. The molecule has 0 fully saturated rings. The normalized spacial score (nSPS) is 10.2. The molecule has 0 saturated heterocycles. The van der Waals surface area contributed by atoms with Crippen LogP contribution in [-0.4, -0.2) is 15.0 Å². The van der Waals surface area contributed by atoms with Crippen molar-refractivity contribution in [1.82, 2.24) is 15.0 Å². The van der Waals surface area contributed by atoms with Crippen molar-refractivity contribution < 1.29 is 4.74 Å². The molecule has 2 aromatic heterocycles. The van der Waals surface area contributed by atoms with Gasteiger partial charge in [0, 0.05) is 35.3 Å². The fraction of sp³-hybridized carbons (Fsp3) is 0. The van der Waals surface area contributed by atoms with Crippen molar-refractivity contribution in [3.8, 4) is 28.8 Å². The molecule has 0 aliphatic rings. The summed E-state index contributed by atoms with van der Waals surface area (Å²) in [7, 11) is 0. The van der Waals surface area contributed by atoms with E-state index in [2.05, 4.69) is 20.3 Å². The molecule has 30 heavy (non-hydrogen) atoms. The van der Waals surface area contributed by atoms with Gasteiger partial charge in [0.25, 0.3) is 0 Å². The SMILES string of the molecule is N#Cc1cc(Oc2ccc(Nc3cc(-c4ccc(N)cc4)nc(N)n3)cc2)ccn1. The van der Waals surface area contributed by atoms with Crippen molar-refractivity contribution in [3.63, 3.8) is 0 Å². The molecule has 0 aliphatic carbocycles. The van der Waals surface area contributed by atoms with Gasteiger partial charge in [-0.2, -0.15) is 10.2 Å². The van der Waals surface area contributed by atoms with E-state index in [-0.39, 0.29) is 5.95 Å². The van der Waals surface area contributed by atoms with Crippen LogP contribution in [0.2, 0.25) is 0 Å². The Morgan fingerprint density at radius 1 is 0.867 bits per heavy atom. The van der Waals surface area contributed by atoms with Gasteiger partial charge in [0.05, 0.1) is 5.69 Å². The van der Waals surface area contributed by atoms with Gasteiger partial charge < -0.3 is 21.5 Å². The average molecular weight is 395 g/mol. The summed E-state index contributed by atoms with van der Waals surface area (Å²) in [5.74, 6) is 1.90. The molecule has 0 radical (unpaired) electrons. The van der Waals surface area contributed by atoms with Gasteiger partial charge in [-0.1, -0.05) is 12.1 Å². The number of pyridine rings is 1. The molecule has 4 aromatic rings. The minimum Gasteiger partial charge on any atom is -0.457 e. The summed E-state index contributed by atoms with van der Waals surface area (Å²) in [4.78, 5) is 12.5. The van der Waals surface area contributed by atoms with E-state index in [1.807, 2.05) is 48.5 Å². The molecule has 4 rings (SSSR count). The molecule has 2 aromatic carbocycles. The summed E-state index contributed by atoms with van der Waals surface area (Å²) >= 11 is 0. The third kappa shape index (κ3) is 4.43. The van der Waals surface area contributed by atoms with E-state index in [1.54, 1.807) is 24.3 Å². The Hall–Kier alpha value is -4.64. The van der Waals surface area contributed by atoms with Crippen LogP contribution in [0.4, 0.5) is 23.1 Å². The first-order valence-electron chi connectivity index (χ1n) is 9.00. The third-order valence-electron chi connectivity index (χ3n) is 4.16. The van der Waals surface area contributed by atoms with Crippen LogP contribution < -0.4 is 21.5 Å². The Bertz CT molecular complexity index is 1220. The maximum Gasteiger partial charge on any atom is 0.222 e. The van der Waals surface area contributed by atoms with Crippen LogP contribution in [0.5, 0.6) is 11.5 Å². The monoisotopic (exact) mass is 395 g/mol. The van der Waals surface area contributed by atoms with E-state index in [1.165, 1.54) is 6.20 Å². The first-order chi connectivity index (χ1) is 14.6. The number of ether oxygens (including phenoxy) is 1. The molecule has 0 unspecified atom stereocenters. The maximum atomic E-state index is 8.93. The summed E-state index contributed by atoms with van der Waals surface area (Å²) in [5, 5.41) is 12.1. The minimum absolute atomic E-state index is 0.165. The van der Waals surface area contributed by atoms with E-state index in [0.29, 0.717) is 34.4 Å². The minimum atomic E-state index is 0.165. The molecule has 0 bridgehead atoms. The van der Waals surface area contributed by atoms with Gasteiger partial charge in [0.1, 0.15) is 29.1 Å². The first kappa shape index (κ1) is 18.7. The summed E-state index contributed by atoms with van der Waals surface area (Å²) in [6.45, 7) is 0. The number of rotatable bonds is 5. The summed E-state index contributed by atoms with van der Waals surface area (Å²) in [6.07, 6.45) is 1.53. The molecule has 0 aliphatic heterocycles. The van der Waals surface area contributed by atoms with Gasteiger partial charge in [0.15, 0.2) is 0 Å². The fourth-order valence-corrected chi connectivity index (χ4v) is 2.76. The fourth-order valence-electron chi connectivity index (χ4n) is 2.76. The Morgan fingerprint density at radius 2 is 1.63 bits per heavy atom. The largest absolute Gasteiger partial charge is 0.457 e. The lowest BCUT2D eigenvalue weighted by Crippen LogP contribution is -2.01. The second kappa shape index (κ2) is 8.16. The van der Waals surface area contributed by atoms with Crippen molar-refractivity contribution >= 4 is 23.1 Å². The second-order valence-electron chi connectivity index (χ2n) is 6.36. The maximum absolute atomic E-state index is 8.93. The number of nitrogen functional groups attached to an aromatic ring is 2. The van der Waals surface area contributed by atoms with Crippen LogP contribution >= 0.6 is 0 Å². The molecule has 0 atom stereocenters. The average Bonchev–Trinajstić information content (AvgIpc) is 2.75. The van der Waals surface area contributed by atoms with Gasteiger partial charge in [-0.15, -0.1) is 0 Å². The zero-order chi connectivity index (χ0) is 20.9. The van der Waals surface area contributed by atoms with Crippen LogP contribution in [-0.2, 0) is 0 Å². The second-order valence-corrected chi connectivity index (χ2v) is 6.36. The van der Waals surface area contributed by atoms with Gasteiger partial charge in [0.2, 0.25) is 5.95 Å². The number of nitrogens with one attached hydrogen (secondary N) is 1. The van der Waals surface area contributed by atoms with Crippen LogP contribution in [0.15, 0.2) is 72.9 Å². The summed E-state index contributed by atoms with van der Waals surface area (Å²) in [6, 6.07) is 21.7. The molecule has 2 heterocycles. The Morgan fingerprint density at radius 3 is 2.37 bits per heavy atom. The first-order valence-corrected chi connectivity index (χ1v) is 9.00. The molecule has 8 nitrogen and oxygen atoms in total. The molecule has 0 spiro atoms. The highest BCUT2D eigenvalue weighted by Gasteiger charge is 2.06. The van der Waals surface area contributed by atoms with E-state index in [9.17, 15) is 0 Å². The number of anilines is 4. The highest BCUT2D eigenvalue weighted by atomic mass is 16.5. The molecular formula is C22H17N7O. The number of hydrogen-bond acceptors (Lipinski definition) is 8. The van der Waals surface area contributed by atoms with Gasteiger partial charge in [-0.25, -0.2) is 9.97 Å². The van der Waals surface area contributed by atoms with Crippen LogP contribution in [0.3, 0.4) is 0 Å². The number of nitriles is 1. The van der Waals surface area contributed by atoms with E-state index in [4.69, 9.17) is 21.5 Å². The molecule has 5 N–H and O–H groups in total. The molecular weight excluding hydrogens is 378 g/mol. The number of nitrogens with two attached hydrogens (primary N) is 2. The van der Waals surface area contributed by atoms with Crippen molar-refractivity contribution in [2.45, 2.75) is 0 Å². The molecule has 8 heteroatoms. The van der Waals surface area contributed by atoms with Crippen molar-refractivity contribution in [3.05, 3.63) is 78.6 Å². The Balaban J connectivity index is 1.50. The van der Waals surface area contributed by atoms with Crippen LogP contribution in [0.25, 0.3) is 11.3 Å². The van der Waals surface area contributed by atoms with Gasteiger partial charge >= 0.3 is 0 Å². The highest BCUT2D eigenvalue weighted by molar-refractivity contribution is 5.68. The quantitative estimate of drug-likeness (QED) is 0.430. The van der Waals surface area contributed by atoms with E-state index in [0.717, 1.165) is 11.3 Å². The predicted octanol–water partition coefficient (Wildman–Crippen LogP) is 4.11. The lowest BCUT2D eigenvalue weighted by atomic mass is 10.1. The van der Waals surface area contributed by atoms with Crippen molar-refractivity contribution in [1.29, 1.82) is 5.26 Å². The smallest absolute Gasteiger partial charge is 0.222 e. The van der Waals surface area contributed by atoms with Gasteiger partial charge in [-0.3, -0.25) is 0 Å². The van der Waals surface area contributed by atoms with E-state index >= 15 is 0 Å². The standard InChI is InChI=1S/C22H17N7O/c23-13-17-11-19(9-10-26-17)30-18-7-5-16(6-8-18)27-21-12-20(28-22(25)29-21)14-1-3-15(24)4-2-14/h1-12H,24H2,(H3,25,27,28,29). The zero-order valence-electron chi connectivity index (χ0n) is 15.8. The lowest BCUT2D eigenvalue weighted by molar-refractivity contribution is 0.482. The highest BCUT2D eigenvalue weighted by Crippen LogP contribution is 2.26. The number of hydrogen-bond donors (Lipinski definition) is 3. The Labute approximate surface area is 172 Å². The zero-order valence-corrected chi connectivity index (χ0v) is 15.8. The summed E-state index contributed by atoms with van der Waals surface area (Å²) in [5.41, 5.74) is 15.0. The topological polar surface area (TPSA) is 136 Å². The lowest BCUT2D eigenvalue weighted by Gasteiger charge is -2.10. The van der Waals surface area contributed by atoms with Crippen LogP contribution in [0.1, 0.15) is 5.69 Å². The number of nitrogens with zero attached hydrogens (tertiary/aromatic N) is 4.